The van der Waals surface area contributed by atoms with E-state index in [4.69, 9.17) is 4.74 Å². The lowest BCUT2D eigenvalue weighted by Crippen LogP contribution is -2.28. The first kappa shape index (κ1) is 23.0. The summed E-state index contributed by atoms with van der Waals surface area (Å²) in [7, 11) is -2.32. The van der Waals surface area contributed by atoms with Crippen molar-refractivity contribution in [3.05, 3.63) is 36.5 Å². The summed E-state index contributed by atoms with van der Waals surface area (Å²) in [6.45, 7) is 6.94. The van der Waals surface area contributed by atoms with Crippen LogP contribution in [-0.4, -0.2) is 52.4 Å². The molecule has 0 aliphatic carbocycles. The lowest BCUT2D eigenvalue weighted by atomic mass is 10.2. The maximum Gasteiger partial charge on any atom is 0.215 e. The van der Waals surface area contributed by atoms with Crippen LogP contribution in [0.4, 0.5) is 10.2 Å². The van der Waals surface area contributed by atoms with Crippen LogP contribution in [0.3, 0.4) is 0 Å². The van der Waals surface area contributed by atoms with Gasteiger partial charge >= 0.3 is 0 Å². The zero-order valence-corrected chi connectivity index (χ0v) is 19.0. The van der Waals surface area contributed by atoms with E-state index < -0.39 is 26.6 Å². The number of nitrogens with zero attached hydrogens (tertiary/aromatic N) is 3. The number of nitrogens with one attached hydrogen (secondary N) is 1. The van der Waals surface area contributed by atoms with Gasteiger partial charge in [0.2, 0.25) is 5.95 Å². The van der Waals surface area contributed by atoms with Crippen molar-refractivity contribution in [3.8, 4) is 17.0 Å². The Labute approximate surface area is 181 Å². The first-order valence-corrected chi connectivity index (χ1v) is 11.3. The normalized spacial score (nSPS) is 13.4. The number of aliphatic hydroxyl groups excluding tert-OH is 1. The van der Waals surface area contributed by atoms with Crippen LogP contribution in [0.2, 0.25) is 0 Å². The van der Waals surface area contributed by atoms with Crippen molar-refractivity contribution in [2.24, 2.45) is 0 Å². The van der Waals surface area contributed by atoms with Gasteiger partial charge in [0.25, 0.3) is 0 Å². The highest BCUT2D eigenvalue weighted by Gasteiger charge is 2.34. The number of ether oxygens (including phenoxy) is 1. The van der Waals surface area contributed by atoms with E-state index in [-0.39, 0.29) is 10.6 Å². The van der Waals surface area contributed by atoms with Crippen molar-refractivity contribution in [2.75, 3.05) is 19.0 Å². The average Bonchev–Trinajstić information content (AvgIpc) is 3.08. The Morgan fingerprint density at radius 1 is 1.29 bits per heavy atom. The van der Waals surface area contributed by atoms with Crippen LogP contribution >= 0.6 is 0 Å². The maximum absolute atomic E-state index is 14.2. The van der Waals surface area contributed by atoms with Gasteiger partial charge in [-0.2, -0.15) is 4.39 Å². The number of hydrogen-bond acceptors (Lipinski definition) is 7. The van der Waals surface area contributed by atoms with Crippen molar-refractivity contribution in [2.45, 2.75) is 49.9 Å². The molecule has 168 valence electrons. The van der Waals surface area contributed by atoms with E-state index in [1.54, 1.807) is 44.2 Å². The molecule has 0 spiro atoms. The molecule has 3 aromatic rings. The largest absolute Gasteiger partial charge is 0.495 e. The summed E-state index contributed by atoms with van der Waals surface area (Å²) in [5.41, 5.74) is 1.44. The Bertz CT molecular complexity index is 1200. The minimum atomic E-state index is -3.72. The molecule has 0 bridgehead atoms. The number of anilines is 1. The van der Waals surface area contributed by atoms with Gasteiger partial charge in [0.05, 0.1) is 29.9 Å². The molecule has 0 saturated heterocycles. The highest BCUT2D eigenvalue weighted by atomic mass is 32.2. The van der Waals surface area contributed by atoms with Gasteiger partial charge in [-0.3, -0.25) is 4.40 Å². The van der Waals surface area contributed by atoms with E-state index in [1.165, 1.54) is 25.6 Å². The summed E-state index contributed by atoms with van der Waals surface area (Å²) >= 11 is 0. The molecule has 2 N–H and O–H groups in total. The summed E-state index contributed by atoms with van der Waals surface area (Å²) in [5, 5.41) is 12.4. The number of rotatable bonds is 7. The number of hydrogen-bond donors (Lipinski definition) is 2. The number of imidazole rings is 1. The Morgan fingerprint density at radius 3 is 2.61 bits per heavy atom. The third kappa shape index (κ3) is 4.64. The predicted octanol–water partition coefficient (Wildman–Crippen LogP) is 3.30. The Hall–Kier alpha value is -2.72. The van der Waals surface area contributed by atoms with E-state index in [9.17, 15) is 17.9 Å². The highest BCUT2D eigenvalue weighted by molar-refractivity contribution is 7.92. The van der Waals surface area contributed by atoms with Crippen molar-refractivity contribution in [1.82, 2.24) is 14.4 Å². The third-order valence-corrected chi connectivity index (χ3v) is 7.35. The van der Waals surface area contributed by atoms with E-state index in [0.29, 0.717) is 35.7 Å². The first-order chi connectivity index (χ1) is 14.4. The SMILES string of the molecule is COc1cc2ncc(-c3cc(F)nc(NCC[C@H](C)O)c3)n2cc1S(=O)(=O)C(C)(C)C. The van der Waals surface area contributed by atoms with Gasteiger partial charge in [-0.25, -0.2) is 18.4 Å². The second-order valence-electron chi connectivity index (χ2n) is 8.32. The summed E-state index contributed by atoms with van der Waals surface area (Å²) in [6, 6.07) is 4.45. The zero-order valence-electron chi connectivity index (χ0n) is 18.2. The topological polar surface area (TPSA) is 106 Å². The van der Waals surface area contributed by atoms with Crippen LogP contribution in [-0.2, 0) is 9.84 Å². The van der Waals surface area contributed by atoms with Gasteiger partial charge < -0.3 is 15.2 Å². The molecule has 0 radical (unpaired) electrons. The molecule has 31 heavy (non-hydrogen) atoms. The molecule has 3 heterocycles. The number of pyridine rings is 2. The number of aliphatic hydroxyl groups is 1. The van der Waals surface area contributed by atoms with E-state index in [1.807, 2.05) is 0 Å². The minimum Gasteiger partial charge on any atom is -0.495 e. The Balaban J connectivity index is 2.12. The summed E-state index contributed by atoms with van der Waals surface area (Å²) < 4.78 is 46.3. The molecule has 10 heteroatoms. The number of methoxy groups -OCH3 is 1. The smallest absolute Gasteiger partial charge is 0.215 e. The zero-order chi connectivity index (χ0) is 23.0. The van der Waals surface area contributed by atoms with Crippen molar-refractivity contribution in [3.63, 3.8) is 0 Å². The van der Waals surface area contributed by atoms with Crippen LogP contribution in [0.15, 0.2) is 35.5 Å². The number of halogens is 1. The van der Waals surface area contributed by atoms with Crippen molar-refractivity contribution < 1.29 is 22.7 Å². The molecule has 0 unspecified atom stereocenters. The molecular formula is C21H27FN4O4S. The molecule has 0 aliphatic heterocycles. The number of fused-ring (bicyclic) bond motifs is 1. The molecule has 0 aromatic carbocycles. The van der Waals surface area contributed by atoms with E-state index in [0.717, 1.165) is 0 Å². The van der Waals surface area contributed by atoms with Gasteiger partial charge in [-0.05, 0) is 40.2 Å². The maximum atomic E-state index is 14.2. The molecule has 0 aliphatic rings. The monoisotopic (exact) mass is 450 g/mol. The van der Waals surface area contributed by atoms with E-state index >= 15 is 0 Å². The lowest BCUT2D eigenvalue weighted by Gasteiger charge is -2.21. The standard InChI is InChI=1S/C21H27FN4O4S/c1-13(27)6-7-23-19-9-14(8-18(22)25-19)15-11-24-20-10-16(30-5)17(12-26(15)20)31(28,29)21(2,3)4/h8-13,27H,6-7H2,1-5H3,(H,23,25)/t13-/m0/s1. The van der Waals surface area contributed by atoms with E-state index in [2.05, 4.69) is 15.3 Å². The number of aromatic nitrogens is 3. The molecule has 8 nitrogen and oxygen atoms in total. The van der Waals surface area contributed by atoms with Gasteiger partial charge in [0.1, 0.15) is 22.1 Å². The summed E-state index contributed by atoms with van der Waals surface area (Å²) in [5.74, 6) is -0.189. The van der Waals surface area contributed by atoms with Crippen LogP contribution in [0.5, 0.6) is 5.75 Å². The predicted molar refractivity (Wildman–Crippen MR) is 117 cm³/mol. The second-order valence-corrected chi connectivity index (χ2v) is 11.0. The van der Waals surface area contributed by atoms with Gasteiger partial charge in [-0.15, -0.1) is 0 Å². The van der Waals surface area contributed by atoms with Crippen LogP contribution in [0, 0.1) is 5.95 Å². The fourth-order valence-electron chi connectivity index (χ4n) is 3.04. The first-order valence-electron chi connectivity index (χ1n) is 9.83. The molecule has 0 fully saturated rings. The van der Waals surface area contributed by atoms with Crippen LogP contribution < -0.4 is 10.1 Å². The number of sulfone groups is 1. The molecule has 0 saturated carbocycles. The third-order valence-electron chi connectivity index (χ3n) is 4.85. The van der Waals surface area contributed by atoms with Gasteiger partial charge in [0.15, 0.2) is 9.84 Å². The molecule has 1 atom stereocenters. The fraction of sp³-hybridized carbons (Fsp3) is 0.429. The van der Waals surface area contributed by atoms with Crippen molar-refractivity contribution in [1.29, 1.82) is 0 Å². The molecule has 0 amide bonds. The van der Waals surface area contributed by atoms with Crippen molar-refractivity contribution >= 4 is 21.3 Å². The quantitative estimate of drug-likeness (QED) is 0.532. The lowest BCUT2D eigenvalue weighted by molar-refractivity contribution is 0.188. The Morgan fingerprint density at radius 2 is 2.00 bits per heavy atom. The minimum absolute atomic E-state index is 0.0269. The van der Waals surface area contributed by atoms with Crippen LogP contribution in [0.25, 0.3) is 16.9 Å². The molecule has 3 aromatic heterocycles. The molecular weight excluding hydrogens is 423 g/mol. The van der Waals surface area contributed by atoms with Crippen LogP contribution in [0.1, 0.15) is 34.1 Å². The van der Waals surface area contributed by atoms with Gasteiger partial charge in [0, 0.05) is 30.4 Å². The fourth-order valence-corrected chi connectivity index (χ4v) is 4.35. The second kappa shape index (κ2) is 8.43. The van der Waals surface area contributed by atoms with Gasteiger partial charge in [-0.1, -0.05) is 0 Å². The molecule has 3 rings (SSSR count). The summed E-state index contributed by atoms with van der Waals surface area (Å²) in [4.78, 5) is 8.18. The highest BCUT2D eigenvalue weighted by Crippen LogP contribution is 2.34. The average molecular weight is 451 g/mol. The summed E-state index contributed by atoms with van der Waals surface area (Å²) in [6.07, 6.45) is 2.99. The Kier molecular flexibility index (Phi) is 6.24.